The maximum absolute atomic E-state index is 13.2. The van der Waals surface area contributed by atoms with Gasteiger partial charge in [0.05, 0.1) is 23.3 Å². The summed E-state index contributed by atoms with van der Waals surface area (Å²) < 4.78 is 46.5. The van der Waals surface area contributed by atoms with E-state index in [0.717, 1.165) is 0 Å². The lowest BCUT2D eigenvalue weighted by Crippen LogP contribution is -2.54. The highest BCUT2D eigenvalue weighted by atomic mass is 19.3. The lowest BCUT2D eigenvalue weighted by Gasteiger charge is -2.36. The number of benzene rings is 1. The van der Waals surface area contributed by atoms with Crippen molar-refractivity contribution in [2.24, 2.45) is 0 Å². The normalized spacial score (nSPS) is 15.5. The molecule has 0 unspecified atom stereocenters. The first-order valence-electron chi connectivity index (χ1n) is 10.5. The van der Waals surface area contributed by atoms with Crippen molar-refractivity contribution >= 4 is 16.9 Å². The summed E-state index contributed by atoms with van der Waals surface area (Å²) in [6.45, 7) is -0.657. The summed E-state index contributed by atoms with van der Waals surface area (Å²) in [6.07, 6.45) is 2.36. The van der Waals surface area contributed by atoms with Gasteiger partial charge in [-0.15, -0.1) is 0 Å². The van der Waals surface area contributed by atoms with Crippen LogP contribution in [-0.4, -0.2) is 48.0 Å². The number of rotatable bonds is 8. The molecule has 8 nitrogen and oxygen atoms in total. The minimum absolute atomic E-state index is 0.0621. The van der Waals surface area contributed by atoms with Gasteiger partial charge in [-0.25, -0.2) is 4.98 Å². The van der Waals surface area contributed by atoms with Crippen LogP contribution in [0, 0.1) is 6.92 Å². The quantitative estimate of drug-likeness (QED) is 0.527. The van der Waals surface area contributed by atoms with E-state index in [-0.39, 0.29) is 25.0 Å². The summed E-state index contributed by atoms with van der Waals surface area (Å²) in [5, 5.41) is 13.4. The van der Waals surface area contributed by atoms with Gasteiger partial charge in [0.2, 0.25) is 5.88 Å². The Kier molecular flexibility index (Phi) is 6.75. The second kappa shape index (κ2) is 9.72. The third kappa shape index (κ3) is 5.07. The van der Waals surface area contributed by atoms with Crippen molar-refractivity contribution in [2.45, 2.75) is 38.5 Å². The average molecular weight is 462 g/mol. The number of pyridine rings is 1. The molecule has 33 heavy (non-hydrogen) atoms. The molecular weight excluding hydrogens is 438 g/mol. The van der Waals surface area contributed by atoms with Gasteiger partial charge in [-0.05, 0) is 50.1 Å². The van der Waals surface area contributed by atoms with Crippen LogP contribution < -0.4 is 14.8 Å². The van der Waals surface area contributed by atoms with Gasteiger partial charge < -0.3 is 29.1 Å². The van der Waals surface area contributed by atoms with Gasteiger partial charge >= 0.3 is 6.61 Å². The van der Waals surface area contributed by atoms with Crippen molar-refractivity contribution in [3.63, 3.8) is 0 Å². The first kappa shape index (κ1) is 22.9. The lowest BCUT2D eigenvalue weighted by molar-refractivity contribution is -0.0539. The van der Waals surface area contributed by atoms with Crippen LogP contribution in [0.1, 0.15) is 34.5 Å². The molecule has 176 valence electrons. The van der Waals surface area contributed by atoms with E-state index < -0.39 is 12.2 Å². The molecule has 1 aliphatic heterocycles. The molecule has 0 saturated carbocycles. The van der Waals surface area contributed by atoms with Crippen LogP contribution in [0.15, 0.2) is 40.9 Å². The predicted octanol–water partition coefficient (Wildman–Crippen LogP) is 3.59. The first-order chi connectivity index (χ1) is 15.9. The Morgan fingerprint density at radius 1 is 1.30 bits per heavy atom. The number of nitrogens with zero attached hydrogens (tertiary/aromatic N) is 1. The topological polar surface area (TPSA) is 103 Å². The van der Waals surface area contributed by atoms with E-state index in [0.29, 0.717) is 59.7 Å². The molecule has 0 bridgehead atoms. The molecule has 1 aromatic carbocycles. The van der Waals surface area contributed by atoms with Crippen LogP contribution >= 0.6 is 0 Å². The largest absolute Gasteiger partial charge is 0.489 e. The molecule has 0 spiro atoms. The number of hydrogen-bond donors (Lipinski definition) is 2. The smallest absolute Gasteiger partial charge is 0.388 e. The highest BCUT2D eigenvalue weighted by molar-refractivity contribution is 6.07. The molecule has 1 aliphatic rings. The summed E-state index contributed by atoms with van der Waals surface area (Å²) in [6, 6.07) is 8.15. The number of furan rings is 1. The van der Waals surface area contributed by atoms with E-state index in [1.165, 1.54) is 6.20 Å². The molecule has 0 radical (unpaired) electrons. The standard InChI is InChI=1S/C23H24F2N2O6/c1-14-19(20(29)27-23(13-28)6-9-30-10-7-23)17-11-16(4-5-18(17)32-14)31-12-15-3-2-8-26-21(15)33-22(24)25/h2-5,8,11,22,28H,6-7,9-10,12-13H2,1H3,(H,27,29). The van der Waals surface area contributed by atoms with Crippen LogP contribution in [-0.2, 0) is 11.3 Å². The predicted molar refractivity (Wildman–Crippen MR) is 113 cm³/mol. The second-order valence-corrected chi connectivity index (χ2v) is 7.83. The number of carbonyl (C=O) groups is 1. The Morgan fingerprint density at radius 3 is 2.82 bits per heavy atom. The van der Waals surface area contributed by atoms with Crippen molar-refractivity contribution in [2.75, 3.05) is 19.8 Å². The third-order valence-electron chi connectivity index (χ3n) is 5.64. The van der Waals surface area contributed by atoms with E-state index in [4.69, 9.17) is 13.9 Å². The zero-order valence-corrected chi connectivity index (χ0v) is 18.0. The van der Waals surface area contributed by atoms with Crippen molar-refractivity contribution in [3.8, 4) is 11.6 Å². The maximum atomic E-state index is 13.2. The lowest BCUT2D eigenvalue weighted by atomic mass is 9.90. The summed E-state index contributed by atoms with van der Waals surface area (Å²) in [4.78, 5) is 17.0. The SMILES string of the molecule is Cc1oc2ccc(OCc3cccnc3OC(F)F)cc2c1C(=O)NC1(CO)CCOCC1. The Morgan fingerprint density at radius 2 is 2.09 bits per heavy atom. The van der Waals surface area contributed by atoms with Gasteiger partial charge in [0, 0.05) is 24.8 Å². The molecule has 1 fully saturated rings. The third-order valence-corrected chi connectivity index (χ3v) is 5.64. The fraction of sp³-hybridized carbons (Fsp3) is 0.391. The second-order valence-electron chi connectivity index (χ2n) is 7.83. The summed E-state index contributed by atoms with van der Waals surface area (Å²) in [5.74, 6) is 0.268. The summed E-state index contributed by atoms with van der Waals surface area (Å²) >= 11 is 0. The van der Waals surface area contributed by atoms with E-state index in [2.05, 4.69) is 15.0 Å². The summed E-state index contributed by atoms with van der Waals surface area (Å²) in [7, 11) is 0. The van der Waals surface area contributed by atoms with Gasteiger partial charge in [0.1, 0.15) is 23.7 Å². The van der Waals surface area contributed by atoms with Crippen LogP contribution in [0.5, 0.6) is 11.6 Å². The average Bonchev–Trinajstić information content (AvgIpc) is 3.13. The highest BCUT2D eigenvalue weighted by Crippen LogP contribution is 2.31. The number of amides is 1. The number of aliphatic hydroxyl groups is 1. The Labute approximate surface area is 188 Å². The number of carbonyl (C=O) groups excluding carboxylic acids is 1. The molecule has 2 aromatic heterocycles. The highest BCUT2D eigenvalue weighted by Gasteiger charge is 2.35. The molecule has 4 rings (SSSR count). The first-order valence-corrected chi connectivity index (χ1v) is 10.5. The molecule has 0 atom stereocenters. The van der Waals surface area contributed by atoms with Crippen LogP contribution in [0.3, 0.4) is 0 Å². The van der Waals surface area contributed by atoms with Crippen molar-refractivity contribution < 1.29 is 37.3 Å². The molecule has 1 amide bonds. The number of aryl methyl sites for hydroxylation is 1. The van der Waals surface area contributed by atoms with Crippen LogP contribution in [0.2, 0.25) is 0 Å². The van der Waals surface area contributed by atoms with Gasteiger partial charge in [-0.3, -0.25) is 4.79 Å². The zero-order chi connectivity index (χ0) is 23.4. The van der Waals surface area contributed by atoms with E-state index in [1.54, 1.807) is 37.3 Å². The van der Waals surface area contributed by atoms with Gasteiger partial charge in [-0.2, -0.15) is 8.78 Å². The Bertz CT molecular complexity index is 1130. The number of ether oxygens (including phenoxy) is 3. The number of aromatic nitrogens is 1. The van der Waals surface area contributed by atoms with Crippen LogP contribution in [0.25, 0.3) is 11.0 Å². The van der Waals surface area contributed by atoms with E-state index in [9.17, 15) is 18.7 Å². The summed E-state index contributed by atoms with van der Waals surface area (Å²) in [5.41, 5.74) is 0.445. The number of halogens is 2. The number of aliphatic hydroxyl groups excluding tert-OH is 1. The Balaban J connectivity index is 1.56. The molecule has 3 aromatic rings. The van der Waals surface area contributed by atoms with Crippen molar-refractivity contribution in [1.82, 2.24) is 10.3 Å². The fourth-order valence-corrected chi connectivity index (χ4v) is 3.84. The van der Waals surface area contributed by atoms with Gasteiger partial charge in [0.25, 0.3) is 5.91 Å². The number of nitrogens with one attached hydrogen (secondary N) is 1. The number of fused-ring (bicyclic) bond motifs is 1. The van der Waals surface area contributed by atoms with E-state index >= 15 is 0 Å². The van der Waals surface area contributed by atoms with Gasteiger partial charge in [-0.1, -0.05) is 0 Å². The monoisotopic (exact) mass is 462 g/mol. The molecule has 10 heteroatoms. The van der Waals surface area contributed by atoms with Crippen molar-refractivity contribution in [1.29, 1.82) is 0 Å². The minimum atomic E-state index is -3.00. The zero-order valence-electron chi connectivity index (χ0n) is 18.0. The number of alkyl halides is 2. The van der Waals surface area contributed by atoms with Crippen molar-refractivity contribution in [3.05, 3.63) is 53.4 Å². The molecule has 3 heterocycles. The molecule has 2 N–H and O–H groups in total. The fourth-order valence-electron chi connectivity index (χ4n) is 3.84. The Hall–Kier alpha value is -3.24. The number of hydrogen-bond acceptors (Lipinski definition) is 7. The molecule has 0 aliphatic carbocycles. The molecular formula is C23H24F2N2O6. The molecule has 1 saturated heterocycles. The minimum Gasteiger partial charge on any atom is -0.489 e. The van der Waals surface area contributed by atoms with Gasteiger partial charge in [0.15, 0.2) is 0 Å². The maximum Gasteiger partial charge on any atom is 0.388 e. The van der Waals surface area contributed by atoms with Crippen LogP contribution in [0.4, 0.5) is 8.78 Å². The van der Waals surface area contributed by atoms with E-state index in [1.807, 2.05) is 0 Å².